The summed E-state index contributed by atoms with van der Waals surface area (Å²) in [6.07, 6.45) is 0. The van der Waals surface area contributed by atoms with E-state index in [1.165, 1.54) is 58.8 Å². The second-order valence-electron chi connectivity index (χ2n) is 13.3. The van der Waals surface area contributed by atoms with Crippen molar-refractivity contribution < 1.29 is 4.42 Å². The van der Waals surface area contributed by atoms with Gasteiger partial charge in [-0.1, -0.05) is 105 Å². The van der Waals surface area contributed by atoms with Gasteiger partial charge in [0.05, 0.1) is 0 Å². The summed E-state index contributed by atoms with van der Waals surface area (Å²) >= 11 is 1.86. The van der Waals surface area contributed by atoms with E-state index in [1.807, 2.05) is 11.3 Å². The summed E-state index contributed by atoms with van der Waals surface area (Å²) < 4.78 is 9.30. The van der Waals surface area contributed by atoms with Crippen LogP contribution in [0, 0.1) is 0 Å². The molecule has 2 heterocycles. The van der Waals surface area contributed by atoms with Gasteiger partial charge in [0.25, 0.3) is 0 Å². The van der Waals surface area contributed by atoms with Gasteiger partial charge >= 0.3 is 0 Å². The van der Waals surface area contributed by atoms with Crippen LogP contribution in [0.15, 0.2) is 156 Å². The summed E-state index contributed by atoms with van der Waals surface area (Å²) in [5.41, 5.74) is 12.8. The predicted octanol–water partition coefficient (Wildman–Crippen LogP) is 13.4. The summed E-state index contributed by atoms with van der Waals surface area (Å²) in [6.45, 7) is 4.74. The first-order valence-electron chi connectivity index (χ1n) is 16.5. The fourth-order valence-electron chi connectivity index (χ4n) is 7.91. The van der Waals surface area contributed by atoms with Crippen LogP contribution in [0.5, 0.6) is 0 Å². The number of rotatable bonds is 4. The van der Waals surface area contributed by atoms with Crippen molar-refractivity contribution in [2.45, 2.75) is 19.3 Å². The quantitative estimate of drug-likeness (QED) is 0.192. The molecule has 2 aromatic heterocycles. The van der Waals surface area contributed by atoms with Crippen molar-refractivity contribution in [3.05, 3.63) is 163 Å². The fraction of sp³-hybridized carbons (Fsp3) is 0.0667. The fourth-order valence-corrected chi connectivity index (χ4v) is 9.15. The Labute approximate surface area is 283 Å². The lowest BCUT2D eigenvalue weighted by Gasteiger charge is -2.28. The summed E-state index contributed by atoms with van der Waals surface area (Å²) in [7, 11) is 0. The molecule has 0 bridgehead atoms. The third kappa shape index (κ3) is 3.92. The SMILES string of the molecule is CC1(C)c2cc(-c3cc4c5ccccc5sc4c4c3oc3ccccc34)ccc2-c2ccc(N(c3ccccc3)c3ccccc3)cc21. The van der Waals surface area contributed by atoms with Crippen LogP contribution in [0.25, 0.3) is 64.4 Å². The van der Waals surface area contributed by atoms with Crippen LogP contribution in [-0.2, 0) is 5.41 Å². The molecule has 228 valence electrons. The van der Waals surface area contributed by atoms with Gasteiger partial charge in [0.2, 0.25) is 0 Å². The molecule has 0 fully saturated rings. The summed E-state index contributed by atoms with van der Waals surface area (Å²) in [5, 5.41) is 4.98. The molecule has 1 aliphatic carbocycles. The Morgan fingerprint density at radius 2 is 1.15 bits per heavy atom. The molecule has 48 heavy (non-hydrogen) atoms. The second-order valence-corrected chi connectivity index (χ2v) is 14.4. The number of nitrogens with zero attached hydrogens (tertiary/aromatic N) is 1. The van der Waals surface area contributed by atoms with Gasteiger partial charge in [0.15, 0.2) is 0 Å². The molecule has 7 aromatic carbocycles. The molecule has 0 radical (unpaired) electrons. The van der Waals surface area contributed by atoms with Crippen molar-refractivity contribution in [3.8, 4) is 22.3 Å². The number of benzene rings is 7. The zero-order valence-electron chi connectivity index (χ0n) is 26.7. The number of para-hydroxylation sites is 3. The van der Waals surface area contributed by atoms with E-state index in [2.05, 4.69) is 170 Å². The highest BCUT2D eigenvalue weighted by molar-refractivity contribution is 7.26. The second kappa shape index (κ2) is 10.2. The van der Waals surface area contributed by atoms with Crippen LogP contribution in [0.3, 0.4) is 0 Å². The van der Waals surface area contributed by atoms with Crippen LogP contribution < -0.4 is 4.90 Å². The molecular weight excluding hydrogens is 603 g/mol. The predicted molar refractivity (Wildman–Crippen MR) is 204 cm³/mol. The topological polar surface area (TPSA) is 16.4 Å². The molecule has 0 N–H and O–H groups in total. The van der Waals surface area contributed by atoms with Gasteiger partial charge in [0.1, 0.15) is 11.2 Å². The zero-order valence-corrected chi connectivity index (χ0v) is 27.5. The van der Waals surface area contributed by atoms with Gasteiger partial charge in [-0.15, -0.1) is 11.3 Å². The largest absolute Gasteiger partial charge is 0.455 e. The maximum atomic E-state index is 6.70. The lowest BCUT2D eigenvalue weighted by atomic mass is 9.81. The van der Waals surface area contributed by atoms with Crippen LogP contribution >= 0.6 is 11.3 Å². The molecule has 2 nitrogen and oxygen atoms in total. The number of furan rings is 1. The van der Waals surface area contributed by atoms with E-state index in [0.29, 0.717) is 0 Å². The minimum Gasteiger partial charge on any atom is -0.455 e. The van der Waals surface area contributed by atoms with E-state index >= 15 is 0 Å². The average molecular weight is 634 g/mol. The molecule has 3 heteroatoms. The van der Waals surface area contributed by atoms with Crippen molar-refractivity contribution in [1.29, 1.82) is 0 Å². The van der Waals surface area contributed by atoms with Crippen molar-refractivity contribution in [1.82, 2.24) is 0 Å². The van der Waals surface area contributed by atoms with Gasteiger partial charge in [-0.3, -0.25) is 0 Å². The molecule has 0 aliphatic heterocycles. The van der Waals surface area contributed by atoms with Gasteiger partial charge in [-0.2, -0.15) is 0 Å². The van der Waals surface area contributed by atoms with Crippen molar-refractivity contribution in [2.75, 3.05) is 4.90 Å². The Balaban J connectivity index is 1.16. The van der Waals surface area contributed by atoms with E-state index in [9.17, 15) is 0 Å². The lowest BCUT2D eigenvalue weighted by molar-refractivity contribution is 0.660. The van der Waals surface area contributed by atoms with Crippen LogP contribution in [0.1, 0.15) is 25.0 Å². The standard InChI is InChI=1S/C45H31NOS/c1-45(2)38-25-28(36-27-37-34-17-10-12-20-41(34)48-44(37)42-35-18-9-11-19-40(35)47-43(36)42)21-23-32(38)33-24-22-31(26-39(33)45)46(29-13-5-3-6-14-29)30-15-7-4-8-16-30/h3-27H,1-2H3. The van der Waals surface area contributed by atoms with Gasteiger partial charge in [0, 0.05) is 59.0 Å². The van der Waals surface area contributed by atoms with Crippen molar-refractivity contribution in [3.63, 3.8) is 0 Å². The maximum absolute atomic E-state index is 6.70. The van der Waals surface area contributed by atoms with Gasteiger partial charge in [-0.25, -0.2) is 0 Å². The van der Waals surface area contributed by atoms with Gasteiger partial charge < -0.3 is 9.32 Å². The van der Waals surface area contributed by atoms with E-state index in [-0.39, 0.29) is 5.41 Å². The molecule has 0 unspecified atom stereocenters. The number of hydrogen-bond donors (Lipinski definition) is 0. The van der Waals surface area contributed by atoms with E-state index in [1.54, 1.807) is 0 Å². The maximum Gasteiger partial charge on any atom is 0.144 e. The molecule has 0 saturated carbocycles. The Bertz CT molecular complexity index is 2660. The molecule has 0 amide bonds. The Kier molecular flexibility index (Phi) is 5.82. The molecule has 0 saturated heterocycles. The minimum atomic E-state index is -0.193. The summed E-state index contributed by atoms with van der Waals surface area (Å²) in [6, 6.07) is 54.9. The highest BCUT2D eigenvalue weighted by Gasteiger charge is 2.36. The molecule has 10 rings (SSSR count). The minimum absolute atomic E-state index is 0.193. The molecule has 0 spiro atoms. The number of thiophene rings is 1. The number of hydrogen-bond acceptors (Lipinski definition) is 3. The monoisotopic (exact) mass is 633 g/mol. The Hall–Kier alpha value is -5.64. The smallest absolute Gasteiger partial charge is 0.144 e. The first-order chi connectivity index (χ1) is 23.6. The summed E-state index contributed by atoms with van der Waals surface area (Å²) in [4.78, 5) is 2.35. The van der Waals surface area contributed by atoms with Gasteiger partial charge in [-0.05, 0) is 88.5 Å². The first kappa shape index (κ1) is 27.5. The van der Waals surface area contributed by atoms with Crippen LogP contribution in [0.4, 0.5) is 17.1 Å². The molecular formula is C45H31NOS. The van der Waals surface area contributed by atoms with E-state index in [0.717, 1.165) is 33.8 Å². The van der Waals surface area contributed by atoms with Crippen LogP contribution in [0.2, 0.25) is 0 Å². The lowest BCUT2D eigenvalue weighted by Crippen LogP contribution is -2.16. The third-order valence-electron chi connectivity index (χ3n) is 10.2. The van der Waals surface area contributed by atoms with E-state index in [4.69, 9.17) is 4.42 Å². The highest BCUT2D eigenvalue weighted by atomic mass is 32.1. The summed E-state index contributed by atoms with van der Waals surface area (Å²) in [5.74, 6) is 0. The Morgan fingerprint density at radius 1 is 0.521 bits per heavy atom. The molecule has 1 aliphatic rings. The third-order valence-corrected chi connectivity index (χ3v) is 11.5. The highest BCUT2D eigenvalue weighted by Crippen LogP contribution is 2.53. The van der Waals surface area contributed by atoms with Crippen LogP contribution in [-0.4, -0.2) is 0 Å². The molecule has 0 atom stereocenters. The molecule has 9 aromatic rings. The van der Waals surface area contributed by atoms with Crippen molar-refractivity contribution in [2.24, 2.45) is 0 Å². The van der Waals surface area contributed by atoms with Crippen molar-refractivity contribution >= 4 is 70.5 Å². The Morgan fingerprint density at radius 3 is 1.90 bits per heavy atom. The normalized spacial score (nSPS) is 13.4. The number of fused-ring (bicyclic) bond motifs is 10. The first-order valence-corrected chi connectivity index (χ1v) is 17.3. The van der Waals surface area contributed by atoms with E-state index < -0.39 is 0 Å². The average Bonchev–Trinajstić information content (AvgIpc) is 3.77. The number of anilines is 3. The zero-order chi connectivity index (χ0) is 32.0.